The van der Waals surface area contributed by atoms with Gasteiger partial charge in [-0.25, -0.2) is 0 Å². The average molecular weight is 265 g/mol. The molecule has 104 valence electrons. The van der Waals surface area contributed by atoms with Crippen molar-refractivity contribution < 1.29 is 19.0 Å². The lowest BCUT2D eigenvalue weighted by Crippen LogP contribution is -2.49. The van der Waals surface area contributed by atoms with E-state index in [0.29, 0.717) is 18.1 Å². The van der Waals surface area contributed by atoms with Crippen molar-refractivity contribution in [3.63, 3.8) is 0 Å². The van der Waals surface area contributed by atoms with Crippen molar-refractivity contribution in [3.05, 3.63) is 35.4 Å². The number of carbonyl (C=O) groups is 1. The van der Waals surface area contributed by atoms with E-state index in [-0.39, 0.29) is 17.9 Å². The Morgan fingerprint density at radius 3 is 2.42 bits per heavy atom. The molecule has 5 heteroatoms. The Morgan fingerprint density at radius 1 is 1.21 bits per heavy atom. The molecule has 0 N–H and O–H groups in total. The van der Waals surface area contributed by atoms with Gasteiger partial charge in [0.2, 0.25) is 5.91 Å². The summed E-state index contributed by atoms with van der Waals surface area (Å²) < 4.78 is 16.0. The van der Waals surface area contributed by atoms with E-state index in [1.165, 1.54) is 0 Å². The third kappa shape index (κ3) is 2.51. The van der Waals surface area contributed by atoms with Crippen LogP contribution < -0.4 is 0 Å². The largest absolute Gasteiger partial charge is 0.498 e. The van der Waals surface area contributed by atoms with Crippen LogP contribution >= 0.6 is 0 Å². The molecule has 5 nitrogen and oxygen atoms in total. The predicted molar refractivity (Wildman–Crippen MR) is 69.9 cm³/mol. The Morgan fingerprint density at radius 2 is 1.95 bits per heavy atom. The van der Waals surface area contributed by atoms with Crippen LogP contribution in [-0.2, 0) is 19.0 Å². The van der Waals surface area contributed by atoms with Gasteiger partial charge >= 0.3 is 0 Å². The summed E-state index contributed by atoms with van der Waals surface area (Å²) >= 11 is 0. The molecule has 0 radical (unpaired) electrons. The van der Waals surface area contributed by atoms with Crippen LogP contribution in [0.4, 0.5) is 0 Å². The van der Waals surface area contributed by atoms with Crippen molar-refractivity contribution in [3.8, 4) is 0 Å². The lowest BCUT2D eigenvalue weighted by Gasteiger charge is -2.37. The summed E-state index contributed by atoms with van der Waals surface area (Å²) in [4.78, 5) is 13.6. The van der Waals surface area contributed by atoms with Crippen LogP contribution in [0.1, 0.15) is 6.92 Å². The second kappa shape index (κ2) is 5.48. The first kappa shape index (κ1) is 13.7. The molecule has 2 rings (SSSR count). The minimum atomic E-state index is -0.317. The lowest BCUT2D eigenvalue weighted by molar-refractivity contribution is -0.143. The second-order valence-corrected chi connectivity index (χ2v) is 4.60. The van der Waals surface area contributed by atoms with Gasteiger partial charge in [0, 0.05) is 25.8 Å². The van der Waals surface area contributed by atoms with E-state index in [1.807, 2.05) is 25.2 Å². The zero-order valence-corrected chi connectivity index (χ0v) is 11.7. The quantitative estimate of drug-likeness (QED) is 0.722. The van der Waals surface area contributed by atoms with Gasteiger partial charge in [-0.3, -0.25) is 4.79 Å². The molecule has 0 aromatic rings. The van der Waals surface area contributed by atoms with Crippen LogP contribution in [0.3, 0.4) is 0 Å². The first-order valence-electron chi connectivity index (χ1n) is 6.18. The summed E-state index contributed by atoms with van der Waals surface area (Å²) in [6.07, 6.45) is 5.14. The van der Waals surface area contributed by atoms with Gasteiger partial charge in [0.15, 0.2) is 0 Å². The fourth-order valence-corrected chi connectivity index (χ4v) is 2.16. The summed E-state index contributed by atoms with van der Waals surface area (Å²) in [5.41, 5.74) is 0.771. The highest BCUT2D eigenvalue weighted by Gasteiger charge is 2.35. The number of nitrogens with zero attached hydrogens (tertiary/aromatic N) is 1. The molecule has 0 aromatic carbocycles. The number of allylic oxidation sites excluding steroid dienone is 2. The number of hydrogen-bond donors (Lipinski definition) is 0. The standard InChI is InChI=1S/C14H19NO4/c1-9-8-15(14(9)16)10-5-11(17-2)7-13(19-4)12(6-10)18-3/h5-7,9,13H,8H2,1-4H3/t9-,13?/m1/s1. The van der Waals surface area contributed by atoms with Crippen molar-refractivity contribution in [2.24, 2.45) is 5.92 Å². The van der Waals surface area contributed by atoms with Crippen LogP contribution in [-0.4, -0.2) is 44.8 Å². The minimum absolute atomic E-state index is 0.0803. The number of carbonyl (C=O) groups excluding carboxylic acids is 1. The Bertz CT molecular complexity index is 464. The van der Waals surface area contributed by atoms with Crippen molar-refractivity contribution in [2.45, 2.75) is 13.0 Å². The monoisotopic (exact) mass is 265 g/mol. The number of hydrogen-bond acceptors (Lipinski definition) is 4. The molecule has 0 spiro atoms. The normalized spacial score (nSPS) is 26.8. The SMILES string of the molecule is COC1=CC(OC)C(OC)=CC(N2C[C@@H](C)C2=O)=C1. The molecule has 0 aromatic heterocycles. The molecule has 1 heterocycles. The summed E-state index contributed by atoms with van der Waals surface area (Å²) in [6, 6.07) is 0. The molecule has 0 saturated carbocycles. The zero-order chi connectivity index (χ0) is 14.0. The fourth-order valence-electron chi connectivity index (χ4n) is 2.16. The molecule has 2 aliphatic rings. The molecule has 1 amide bonds. The number of rotatable bonds is 4. The van der Waals surface area contributed by atoms with Crippen molar-refractivity contribution in [2.75, 3.05) is 27.9 Å². The first-order chi connectivity index (χ1) is 9.10. The van der Waals surface area contributed by atoms with Crippen LogP contribution in [0, 0.1) is 5.92 Å². The predicted octanol–water partition coefficient (Wildman–Crippen LogP) is 1.44. The molecule has 19 heavy (non-hydrogen) atoms. The topological polar surface area (TPSA) is 48.0 Å². The van der Waals surface area contributed by atoms with E-state index in [2.05, 4.69) is 0 Å². The molecule has 1 aliphatic carbocycles. The maximum Gasteiger partial charge on any atom is 0.231 e. The number of ether oxygens (including phenoxy) is 3. The highest BCUT2D eigenvalue weighted by atomic mass is 16.5. The zero-order valence-electron chi connectivity index (χ0n) is 11.7. The number of β-lactam (4-membered cyclic amide) rings is 1. The number of amides is 1. The lowest BCUT2D eigenvalue weighted by atomic mass is 10.00. The summed E-state index contributed by atoms with van der Waals surface area (Å²) in [5, 5.41) is 0. The fraction of sp³-hybridized carbons (Fsp3) is 0.500. The average Bonchev–Trinajstić information content (AvgIpc) is 2.62. The third-order valence-corrected chi connectivity index (χ3v) is 3.36. The van der Waals surface area contributed by atoms with Crippen molar-refractivity contribution in [1.82, 2.24) is 4.90 Å². The summed E-state index contributed by atoms with van der Waals surface area (Å²) in [6.45, 7) is 2.63. The Labute approximate surface area is 113 Å². The molecule has 1 unspecified atom stereocenters. The maximum atomic E-state index is 11.8. The Balaban J connectivity index is 2.33. The van der Waals surface area contributed by atoms with Gasteiger partial charge in [-0.2, -0.15) is 0 Å². The van der Waals surface area contributed by atoms with Gasteiger partial charge in [-0.15, -0.1) is 0 Å². The van der Waals surface area contributed by atoms with E-state index >= 15 is 0 Å². The van der Waals surface area contributed by atoms with E-state index in [1.54, 1.807) is 26.2 Å². The molecule has 1 aliphatic heterocycles. The Kier molecular flexibility index (Phi) is 3.95. The van der Waals surface area contributed by atoms with Gasteiger partial charge < -0.3 is 19.1 Å². The molecule has 2 atom stereocenters. The number of likely N-dealkylation sites (tertiary alicyclic amines) is 1. The highest BCUT2D eigenvalue weighted by molar-refractivity contribution is 5.86. The minimum Gasteiger partial charge on any atom is -0.498 e. The highest BCUT2D eigenvalue weighted by Crippen LogP contribution is 2.28. The third-order valence-electron chi connectivity index (χ3n) is 3.36. The maximum absolute atomic E-state index is 11.8. The van der Waals surface area contributed by atoms with Crippen molar-refractivity contribution >= 4 is 5.91 Å². The van der Waals surface area contributed by atoms with E-state index in [0.717, 1.165) is 5.70 Å². The summed E-state index contributed by atoms with van der Waals surface area (Å²) in [7, 11) is 4.77. The van der Waals surface area contributed by atoms with Gasteiger partial charge in [-0.05, 0) is 6.08 Å². The van der Waals surface area contributed by atoms with Crippen LogP contribution in [0.25, 0.3) is 0 Å². The van der Waals surface area contributed by atoms with Gasteiger partial charge in [0.1, 0.15) is 17.6 Å². The number of methoxy groups -OCH3 is 3. The first-order valence-corrected chi connectivity index (χ1v) is 6.18. The van der Waals surface area contributed by atoms with Crippen LogP contribution in [0.15, 0.2) is 35.4 Å². The molecular weight excluding hydrogens is 246 g/mol. The van der Waals surface area contributed by atoms with Crippen LogP contribution in [0.5, 0.6) is 0 Å². The van der Waals surface area contributed by atoms with E-state index in [9.17, 15) is 4.79 Å². The molecule has 1 fully saturated rings. The summed E-state index contributed by atoms with van der Waals surface area (Å²) in [5.74, 6) is 1.49. The van der Waals surface area contributed by atoms with E-state index in [4.69, 9.17) is 14.2 Å². The van der Waals surface area contributed by atoms with E-state index < -0.39 is 0 Å². The van der Waals surface area contributed by atoms with Gasteiger partial charge in [-0.1, -0.05) is 6.92 Å². The van der Waals surface area contributed by atoms with Crippen molar-refractivity contribution in [1.29, 1.82) is 0 Å². The second-order valence-electron chi connectivity index (χ2n) is 4.60. The van der Waals surface area contributed by atoms with Gasteiger partial charge in [0.25, 0.3) is 0 Å². The van der Waals surface area contributed by atoms with Gasteiger partial charge in [0.05, 0.1) is 25.8 Å². The molecule has 1 saturated heterocycles. The van der Waals surface area contributed by atoms with Crippen LogP contribution in [0.2, 0.25) is 0 Å². The molecule has 0 bridgehead atoms. The smallest absolute Gasteiger partial charge is 0.231 e. The molecular formula is C14H19NO4. The Hall–Kier alpha value is -1.75.